The molecule has 1 atom stereocenters. The second-order valence-corrected chi connectivity index (χ2v) is 9.48. The van der Waals surface area contributed by atoms with Gasteiger partial charge >= 0.3 is 0 Å². The lowest BCUT2D eigenvalue weighted by Gasteiger charge is -2.20. The lowest BCUT2D eigenvalue weighted by atomic mass is 9.88. The zero-order valence-electron chi connectivity index (χ0n) is 22.4. The molecule has 4 nitrogen and oxygen atoms in total. The van der Waals surface area contributed by atoms with Crippen molar-refractivity contribution in [1.82, 2.24) is 0 Å². The summed E-state index contributed by atoms with van der Waals surface area (Å²) in [5, 5.41) is 2.46. The number of methoxy groups -OCH3 is 2. The maximum Gasteiger partial charge on any atom is 0.130 e. The Morgan fingerprint density at radius 1 is 0.771 bits per heavy atom. The predicted molar refractivity (Wildman–Crippen MR) is 145 cm³/mol. The first-order chi connectivity index (χ1) is 17.0. The van der Waals surface area contributed by atoms with E-state index in [1.54, 1.807) is 14.2 Å². The van der Waals surface area contributed by atoms with Gasteiger partial charge in [0.25, 0.3) is 0 Å². The summed E-state index contributed by atoms with van der Waals surface area (Å²) in [4.78, 5) is 0. The van der Waals surface area contributed by atoms with E-state index < -0.39 is 0 Å². The van der Waals surface area contributed by atoms with E-state index in [2.05, 4.69) is 76.2 Å². The molecule has 0 spiro atoms. The molecule has 0 aliphatic rings. The smallest absolute Gasteiger partial charge is 0.130 e. The van der Waals surface area contributed by atoms with Crippen LogP contribution in [0, 0.1) is 0 Å². The van der Waals surface area contributed by atoms with Crippen LogP contribution in [-0.2, 0) is 22.7 Å². The quantitative estimate of drug-likeness (QED) is 0.220. The summed E-state index contributed by atoms with van der Waals surface area (Å²) in [6, 6.07) is 17.3. The van der Waals surface area contributed by atoms with Crippen molar-refractivity contribution in [2.75, 3.05) is 27.4 Å². The summed E-state index contributed by atoms with van der Waals surface area (Å²) < 4.78 is 23.4. The Bertz CT molecular complexity index is 1050. The Labute approximate surface area is 211 Å². The van der Waals surface area contributed by atoms with E-state index in [-0.39, 0.29) is 0 Å². The van der Waals surface area contributed by atoms with E-state index in [0.29, 0.717) is 38.3 Å². The van der Waals surface area contributed by atoms with Gasteiger partial charge in [-0.05, 0) is 59.4 Å². The molecule has 0 aliphatic heterocycles. The Hall–Kier alpha value is -2.56. The first-order valence-electron chi connectivity index (χ1n) is 12.9. The SMILES string of the molecule is CCCC(CC)c1ccc(OCCOc2c(COC)cc(C(C)C)cc2COC)c2ccccc12. The molecule has 0 radical (unpaired) electrons. The van der Waals surface area contributed by atoms with Crippen molar-refractivity contribution in [3.63, 3.8) is 0 Å². The molecular formula is C31H42O4. The molecular weight excluding hydrogens is 436 g/mol. The van der Waals surface area contributed by atoms with Gasteiger partial charge in [0.15, 0.2) is 0 Å². The second kappa shape index (κ2) is 13.5. The lowest BCUT2D eigenvalue weighted by molar-refractivity contribution is 0.164. The molecule has 4 heteroatoms. The first kappa shape index (κ1) is 27.0. The molecule has 0 aliphatic carbocycles. The second-order valence-electron chi connectivity index (χ2n) is 9.48. The van der Waals surface area contributed by atoms with Gasteiger partial charge in [-0.25, -0.2) is 0 Å². The monoisotopic (exact) mass is 478 g/mol. The molecule has 0 saturated carbocycles. The Balaban J connectivity index is 1.77. The van der Waals surface area contributed by atoms with Gasteiger partial charge in [0.1, 0.15) is 24.7 Å². The molecule has 0 fully saturated rings. The molecule has 0 heterocycles. The normalized spacial score (nSPS) is 12.3. The van der Waals surface area contributed by atoms with Crippen molar-refractivity contribution in [3.05, 3.63) is 70.8 Å². The number of ether oxygens (including phenoxy) is 4. The Morgan fingerprint density at radius 3 is 1.97 bits per heavy atom. The van der Waals surface area contributed by atoms with Gasteiger partial charge in [-0.15, -0.1) is 0 Å². The van der Waals surface area contributed by atoms with Crippen molar-refractivity contribution in [3.8, 4) is 11.5 Å². The summed E-state index contributed by atoms with van der Waals surface area (Å²) in [7, 11) is 3.42. The van der Waals surface area contributed by atoms with E-state index in [9.17, 15) is 0 Å². The Kier molecular flexibility index (Phi) is 10.4. The molecule has 0 N–H and O–H groups in total. The molecule has 3 aromatic carbocycles. The standard InChI is InChI=1S/C31H42O4/c1-7-11-23(8-2)27-14-15-30(29-13-10-9-12-28(27)29)34-16-17-35-31-25(20-32-5)18-24(22(3)4)19-26(31)21-33-6/h9-10,12-15,18-19,22-23H,7-8,11,16-17,20-21H2,1-6H3. The van der Waals surface area contributed by atoms with Gasteiger partial charge in [0.2, 0.25) is 0 Å². The zero-order chi connectivity index (χ0) is 25.2. The molecule has 35 heavy (non-hydrogen) atoms. The third kappa shape index (κ3) is 6.77. The number of hydrogen-bond acceptors (Lipinski definition) is 4. The van der Waals surface area contributed by atoms with Gasteiger partial charge in [-0.1, -0.05) is 64.4 Å². The van der Waals surface area contributed by atoms with Gasteiger partial charge in [-0.3, -0.25) is 0 Å². The van der Waals surface area contributed by atoms with Crippen LogP contribution in [0.4, 0.5) is 0 Å². The summed E-state index contributed by atoms with van der Waals surface area (Å²) >= 11 is 0. The maximum absolute atomic E-state index is 6.27. The summed E-state index contributed by atoms with van der Waals surface area (Å²) in [6.07, 6.45) is 3.55. The van der Waals surface area contributed by atoms with E-state index in [4.69, 9.17) is 18.9 Å². The van der Waals surface area contributed by atoms with E-state index in [0.717, 1.165) is 29.0 Å². The van der Waals surface area contributed by atoms with Crippen LogP contribution in [0.3, 0.4) is 0 Å². The highest BCUT2D eigenvalue weighted by Gasteiger charge is 2.16. The number of benzene rings is 3. The number of fused-ring (bicyclic) bond motifs is 1. The first-order valence-corrected chi connectivity index (χ1v) is 12.9. The predicted octanol–water partition coefficient (Wildman–Crippen LogP) is 8.01. The fraction of sp³-hybridized carbons (Fsp3) is 0.484. The highest BCUT2D eigenvalue weighted by Crippen LogP contribution is 2.36. The highest BCUT2D eigenvalue weighted by atomic mass is 16.5. The third-order valence-corrected chi connectivity index (χ3v) is 6.61. The molecule has 3 rings (SSSR count). The summed E-state index contributed by atoms with van der Waals surface area (Å²) in [5.74, 6) is 2.74. The van der Waals surface area contributed by atoms with Crippen molar-refractivity contribution >= 4 is 10.8 Å². The van der Waals surface area contributed by atoms with Crippen LogP contribution in [0.25, 0.3) is 10.8 Å². The molecule has 0 aromatic heterocycles. The van der Waals surface area contributed by atoms with Gasteiger partial charge in [-0.2, -0.15) is 0 Å². The fourth-order valence-corrected chi connectivity index (χ4v) is 4.83. The number of rotatable bonds is 14. The average Bonchev–Trinajstić information content (AvgIpc) is 2.86. The fourth-order valence-electron chi connectivity index (χ4n) is 4.83. The lowest BCUT2D eigenvalue weighted by Crippen LogP contribution is -2.13. The molecule has 190 valence electrons. The molecule has 0 bridgehead atoms. The largest absolute Gasteiger partial charge is 0.489 e. The molecule has 0 amide bonds. The summed E-state index contributed by atoms with van der Waals surface area (Å²) in [6.45, 7) is 10.8. The topological polar surface area (TPSA) is 36.9 Å². The molecule has 3 aromatic rings. The van der Waals surface area contributed by atoms with Crippen molar-refractivity contribution in [1.29, 1.82) is 0 Å². The number of hydrogen-bond donors (Lipinski definition) is 0. The van der Waals surface area contributed by atoms with Crippen LogP contribution in [0.5, 0.6) is 11.5 Å². The van der Waals surface area contributed by atoms with Crippen molar-refractivity contribution in [2.24, 2.45) is 0 Å². The maximum atomic E-state index is 6.27. The van der Waals surface area contributed by atoms with Crippen LogP contribution in [-0.4, -0.2) is 27.4 Å². The zero-order valence-corrected chi connectivity index (χ0v) is 22.4. The van der Waals surface area contributed by atoms with E-state index in [1.165, 1.54) is 34.7 Å². The van der Waals surface area contributed by atoms with Gasteiger partial charge < -0.3 is 18.9 Å². The van der Waals surface area contributed by atoms with E-state index >= 15 is 0 Å². The van der Waals surface area contributed by atoms with Crippen molar-refractivity contribution in [2.45, 2.75) is 72.0 Å². The van der Waals surface area contributed by atoms with Gasteiger partial charge in [0, 0.05) is 30.7 Å². The Morgan fingerprint density at radius 2 is 1.40 bits per heavy atom. The molecule has 0 saturated heterocycles. The van der Waals surface area contributed by atoms with E-state index in [1.807, 2.05) is 0 Å². The van der Waals surface area contributed by atoms with Crippen molar-refractivity contribution < 1.29 is 18.9 Å². The molecule has 1 unspecified atom stereocenters. The minimum absolute atomic E-state index is 0.416. The van der Waals surface area contributed by atoms with Gasteiger partial charge in [0.05, 0.1) is 13.2 Å². The average molecular weight is 479 g/mol. The minimum Gasteiger partial charge on any atom is -0.489 e. The highest BCUT2D eigenvalue weighted by molar-refractivity contribution is 5.91. The van der Waals surface area contributed by atoms with Crippen LogP contribution in [0.15, 0.2) is 48.5 Å². The third-order valence-electron chi connectivity index (χ3n) is 6.61. The van der Waals surface area contributed by atoms with Crippen LogP contribution < -0.4 is 9.47 Å². The summed E-state index contributed by atoms with van der Waals surface area (Å²) in [5.41, 5.74) is 4.77. The van der Waals surface area contributed by atoms with Crippen LogP contribution >= 0.6 is 0 Å². The van der Waals surface area contributed by atoms with Crippen LogP contribution in [0.2, 0.25) is 0 Å². The minimum atomic E-state index is 0.416. The van der Waals surface area contributed by atoms with Crippen LogP contribution in [0.1, 0.15) is 81.0 Å².